The fraction of sp³-hybridized carbons (Fsp3) is 0.238. The lowest BCUT2D eigenvalue weighted by atomic mass is 10.2. The lowest BCUT2D eigenvalue weighted by Crippen LogP contribution is -2.47. The normalized spacial score (nSPS) is 18.7. The van der Waals surface area contributed by atoms with Gasteiger partial charge in [-0.1, -0.05) is 29.8 Å². The van der Waals surface area contributed by atoms with Gasteiger partial charge >= 0.3 is 0 Å². The molecule has 7 heteroatoms. The van der Waals surface area contributed by atoms with Crippen LogP contribution in [0.2, 0.25) is 5.02 Å². The molecule has 28 heavy (non-hydrogen) atoms. The molecule has 0 unspecified atom stereocenters. The predicted molar refractivity (Wildman–Crippen MR) is 121 cm³/mol. The van der Waals surface area contributed by atoms with Crippen LogP contribution < -0.4 is 4.90 Å². The van der Waals surface area contributed by atoms with Crippen molar-refractivity contribution in [2.75, 3.05) is 37.3 Å². The van der Waals surface area contributed by atoms with Crippen LogP contribution in [0.5, 0.6) is 0 Å². The first-order valence-corrected chi connectivity index (χ1v) is 11.5. The summed E-state index contributed by atoms with van der Waals surface area (Å²) in [6.45, 7) is 3.43. The Morgan fingerprint density at radius 3 is 2.46 bits per heavy atom. The summed E-state index contributed by atoms with van der Waals surface area (Å²) in [4.78, 5) is 23.0. The molecule has 0 spiro atoms. The van der Waals surface area contributed by atoms with Crippen LogP contribution in [-0.2, 0) is 4.79 Å². The second kappa shape index (κ2) is 8.64. The summed E-state index contributed by atoms with van der Waals surface area (Å²) in [6.07, 6.45) is 3.98. The number of thioether (sulfide) groups is 2. The molecule has 1 fully saturated rings. The Labute approximate surface area is 178 Å². The molecule has 0 radical (unpaired) electrons. The van der Waals surface area contributed by atoms with Crippen LogP contribution in [0, 0.1) is 0 Å². The van der Waals surface area contributed by atoms with Crippen LogP contribution in [0.3, 0.4) is 0 Å². The summed E-state index contributed by atoms with van der Waals surface area (Å²) in [5.41, 5.74) is 2.16. The molecule has 0 aliphatic carbocycles. The summed E-state index contributed by atoms with van der Waals surface area (Å²) in [5, 5.41) is 1.56. The molecular weight excluding hydrogens is 410 g/mol. The molecule has 4 rings (SSSR count). The molecule has 2 aliphatic rings. The average molecular weight is 430 g/mol. The minimum atomic E-state index is -0.147. The number of hydrogen-bond acceptors (Lipinski definition) is 5. The van der Waals surface area contributed by atoms with E-state index in [-0.39, 0.29) is 5.91 Å². The van der Waals surface area contributed by atoms with Crippen molar-refractivity contribution in [3.05, 3.63) is 64.0 Å². The topological polar surface area (TPSA) is 35.9 Å². The third-order valence-electron chi connectivity index (χ3n) is 4.75. The number of rotatable bonds is 3. The van der Waals surface area contributed by atoms with Crippen molar-refractivity contribution in [1.29, 1.82) is 0 Å². The van der Waals surface area contributed by atoms with E-state index >= 15 is 0 Å². The lowest BCUT2D eigenvalue weighted by Gasteiger charge is -2.36. The molecule has 2 aromatic rings. The van der Waals surface area contributed by atoms with Crippen LogP contribution in [0.4, 0.5) is 5.69 Å². The van der Waals surface area contributed by atoms with Crippen molar-refractivity contribution in [3.8, 4) is 0 Å². The molecule has 2 aromatic carbocycles. The van der Waals surface area contributed by atoms with Crippen LogP contribution in [0.15, 0.2) is 63.3 Å². The van der Waals surface area contributed by atoms with E-state index in [1.54, 1.807) is 11.8 Å². The van der Waals surface area contributed by atoms with E-state index in [2.05, 4.69) is 39.2 Å². The summed E-state index contributed by atoms with van der Waals surface area (Å²) < 4.78 is 0. The monoisotopic (exact) mass is 429 g/mol. The third kappa shape index (κ3) is 4.40. The molecule has 1 amide bonds. The van der Waals surface area contributed by atoms with E-state index in [1.165, 1.54) is 16.7 Å². The molecule has 0 aromatic heterocycles. The highest BCUT2D eigenvalue weighted by atomic mass is 35.5. The SMILES string of the molecule is CSc1ccc(/C=C2\SC(N3CCN(c4cccc(Cl)c4)CC3)=NC2=O)cc1. The zero-order chi connectivity index (χ0) is 19.5. The molecule has 2 heterocycles. The molecule has 0 saturated carbocycles. The fourth-order valence-electron chi connectivity index (χ4n) is 3.21. The first-order valence-electron chi connectivity index (χ1n) is 9.04. The van der Waals surface area contributed by atoms with Crippen LogP contribution >= 0.6 is 35.1 Å². The molecular formula is C21H20ClN3OS2. The molecule has 144 valence electrons. The van der Waals surface area contributed by atoms with Crippen LogP contribution in [-0.4, -0.2) is 48.4 Å². The first-order chi connectivity index (χ1) is 13.6. The highest BCUT2D eigenvalue weighted by Gasteiger charge is 2.28. The van der Waals surface area contributed by atoms with Gasteiger partial charge in [0.1, 0.15) is 0 Å². The maximum Gasteiger partial charge on any atom is 0.286 e. The zero-order valence-corrected chi connectivity index (χ0v) is 17.9. The molecule has 2 aliphatic heterocycles. The number of anilines is 1. The highest BCUT2D eigenvalue weighted by Crippen LogP contribution is 2.31. The quantitative estimate of drug-likeness (QED) is 0.514. The number of benzene rings is 2. The Bertz CT molecular complexity index is 935. The highest BCUT2D eigenvalue weighted by molar-refractivity contribution is 8.18. The zero-order valence-electron chi connectivity index (χ0n) is 15.5. The second-order valence-corrected chi connectivity index (χ2v) is 8.86. The average Bonchev–Trinajstić information content (AvgIpc) is 3.09. The van der Waals surface area contributed by atoms with E-state index in [0.717, 1.165) is 47.6 Å². The largest absolute Gasteiger partial charge is 0.368 e. The molecule has 0 N–H and O–H groups in total. The van der Waals surface area contributed by atoms with E-state index in [1.807, 2.05) is 36.4 Å². The van der Waals surface area contributed by atoms with Gasteiger partial charge in [0.2, 0.25) is 0 Å². The van der Waals surface area contributed by atoms with E-state index in [9.17, 15) is 4.79 Å². The standard InChI is InChI=1S/C21H20ClN3OS2/c1-27-18-7-5-15(6-8-18)13-19-20(26)23-21(28-19)25-11-9-24(10-12-25)17-4-2-3-16(22)14-17/h2-8,13-14H,9-12H2,1H3/b19-13-. The van der Waals surface area contributed by atoms with Crippen molar-refractivity contribution in [2.24, 2.45) is 4.99 Å². The van der Waals surface area contributed by atoms with Crippen molar-refractivity contribution in [2.45, 2.75) is 4.90 Å². The number of aliphatic imine (C=N–C) groups is 1. The smallest absolute Gasteiger partial charge is 0.286 e. The van der Waals surface area contributed by atoms with Gasteiger partial charge in [0.25, 0.3) is 5.91 Å². The van der Waals surface area contributed by atoms with Crippen molar-refractivity contribution < 1.29 is 4.79 Å². The Morgan fingerprint density at radius 2 is 1.79 bits per heavy atom. The van der Waals surface area contributed by atoms with Gasteiger partial charge in [-0.3, -0.25) is 4.79 Å². The maximum atomic E-state index is 12.3. The number of amidine groups is 1. The van der Waals surface area contributed by atoms with Gasteiger partial charge in [0, 0.05) is 41.8 Å². The number of carbonyl (C=O) groups is 1. The number of carbonyl (C=O) groups excluding carboxylic acids is 1. The van der Waals surface area contributed by atoms with E-state index in [0.29, 0.717) is 4.91 Å². The number of hydrogen-bond donors (Lipinski definition) is 0. The van der Waals surface area contributed by atoms with Crippen LogP contribution in [0.25, 0.3) is 6.08 Å². The molecule has 1 saturated heterocycles. The number of nitrogens with zero attached hydrogens (tertiary/aromatic N) is 3. The Kier molecular flexibility index (Phi) is 5.99. The summed E-state index contributed by atoms with van der Waals surface area (Å²) >= 11 is 9.29. The third-order valence-corrected chi connectivity index (χ3v) is 6.77. The number of amides is 1. The van der Waals surface area contributed by atoms with E-state index < -0.39 is 0 Å². The molecule has 4 nitrogen and oxygen atoms in total. The summed E-state index contributed by atoms with van der Waals surface area (Å²) in [6, 6.07) is 16.1. The molecule has 0 atom stereocenters. The van der Waals surface area contributed by atoms with Gasteiger partial charge in [-0.15, -0.1) is 11.8 Å². The van der Waals surface area contributed by atoms with Crippen LogP contribution in [0.1, 0.15) is 5.56 Å². The number of halogens is 1. The van der Waals surface area contributed by atoms with Gasteiger partial charge in [-0.05, 0) is 60.0 Å². The van der Waals surface area contributed by atoms with Gasteiger partial charge in [0.15, 0.2) is 5.17 Å². The Balaban J connectivity index is 1.39. The van der Waals surface area contributed by atoms with Gasteiger partial charge in [-0.2, -0.15) is 4.99 Å². The molecule has 0 bridgehead atoms. The van der Waals surface area contributed by atoms with E-state index in [4.69, 9.17) is 11.6 Å². The second-order valence-electron chi connectivity index (χ2n) is 6.54. The van der Waals surface area contributed by atoms with Crippen molar-refractivity contribution in [3.63, 3.8) is 0 Å². The minimum absolute atomic E-state index is 0.147. The van der Waals surface area contributed by atoms with Crippen molar-refractivity contribution in [1.82, 2.24) is 4.90 Å². The Morgan fingerprint density at radius 1 is 1.07 bits per heavy atom. The summed E-state index contributed by atoms with van der Waals surface area (Å²) in [7, 11) is 0. The maximum absolute atomic E-state index is 12.3. The summed E-state index contributed by atoms with van der Waals surface area (Å²) in [5.74, 6) is -0.147. The number of piperazine rings is 1. The lowest BCUT2D eigenvalue weighted by molar-refractivity contribution is -0.113. The first kappa shape index (κ1) is 19.4. The van der Waals surface area contributed by atoms with Crippen molar-refractivity contribution >= 4 is 58.0 Å². The Hall–Kier alpha value is -1.89. The minimum Gasteiger partial charge on any atom is -0.368 e. The van der Waals surface area contributed by atoms with Gasteiger partial charge in [-0.25, -0.2) is 0 Å². The fourth-order valence-corrected chi connectivity index (χ4v) is 4.77. The van der Waals surface area contributed by atoms with Gasteiger partial charge in [0.05, 0.1) is 4.91 Å². The van der Waals surface area contributed by atoms with Gasteiger partial charge < -0.3 is 9.80 Å². The predicted octanol–water partition coefficient (Wildman–Crippen LogP) is 4.85.